The third-order valence-electron chi connectivity index (χ3n) is 3.83. The van der Waals surface area contributed by atoms with E-state index in [0.717, 1.165) is 25.8 Å². The molecule has 0 heterocycles. The van der Waals surface area contributed by atoms with Gasteiger partial charge in [0.25, 0.3) is 0 Å². The summed E-state index contributed by atoms with van der Waals surface area (Å²) in [6.07, 6.45) is 2.99. The highest BCUT2D eigenvalue weighted by Gasteiger charge is 2.46. The van der Waals surface area contributed by atoms with Crippen molar-refractivity contribution in [3.8, 4) is 0 Å². The van der Waals surface area contributed by atoms with E-state index in [1.165, 1.54) is 6.07 Å². The average molecular weight is 272 g/mol. The molecule has 1 N–H and O–H groups in total. The molecule has 0 aromatic heterocycles. The highest BCUT2D eigenvalue weighted by molar-refractivity contribution is 6.31. The van der Waals surface area contributed by atoms with E-state index in [1.54, 1.807) is 19.2 Å². The summed E-state index contributed by atoms with van der Waals surface area (Å²) < 4.78 is 19.7. The number of hydrogen-bond acceptors (Lipinski definition) is 2. The zero-order valence-electron chi connectivity index (χ0n) is 10.8. The van der Waals surface area contributed by atoms with E-state index < -0.39 is 0 Å². The quantitative estimate of drug-likeness (QED) is 0.882. The van der Waals surface area contributed by atoms with Gasteiger partial charge in [-0.05, 0) is 37.9 Å². The fourth-order valence-electron chi connectivity index (χ4n) is 2.68. The molecule has 1 atom stereocenters. The third-order valence-corrected chi connectivity index (χ3v) is 4.16. The highest BCUT2D eigenvalue weighted by atomic mass is 35.5. The number of hydrogen-bond donors (Lipinski definition) is 1. The largest absolute Gasteiger partial charge is 0.376 e. The Hall–Kier alpha value is -0.640. The maximum atomic E-state index is 14.1. The second kappa shape index (κ2) is 5.55. The van der Waals surface area contributed by atoms with Crippen LogP contribution in [0.4, 0.5) is 4.39 Å². The van der Waals surface area contributed by atoms with Crippen LogP contribution >= 0.6 is 11.6 Å². The molecule has 0 amide bonds. The Bertz CT molecular complexity index is 394. The molecule has 2 rings (SSSR count). The van der Waals surface area contributed by atoms with Gasteiger partial charge in [-0.25, -0.2) is 4.39 Å². The molecule has 0 aliphatic heterocycles. The lowest BCUT2D eigenvalue weighted by molar-refractivity contribution is -0.100. The monoisotopic (exact) mass is 271 g/mol. The van der Waals surface area contributed by atoms with Gasteiger partial charge in [-0.3, -0.25) is 0 Å². The maximum Gasteiger partial charge on any atom is 0.129 e. The Kier molecular flexibility index (Phi) is 4.25. The number of likely N-dealkylation sites (N-methyl/N-ethyl adjacent to an activating group) is 1. The predicted octanol–water partition coefficient (Wildman–Crippen LogP) is 3.70. The van der Waals surface area contributed by atoms with Crippen LogP contribution in [-0.2, 0) is 4.74 Å². The number of benzene rings is 1. The van der Waals surface area contributed by atoms with Crippen LogP contribution in [0.25, 0.3) is 0 Å². The first-order valence-corrected chi connectivity index (χ1v) is 6.75. The van der Waals surface area contributed by atoms with Crippen molar-refractivity contribution in [2.75, 3.05) is 13.7 Å². The van der Waals surface area contributed by atoms with E-state index in [1.807, 2.05) is 6.92 Å². The molecule has 1 aliphatic rings. The molecule has 18 heavy (non-hydrogen) atoms. The van der Waals surface area contributed by atoms with Crippen LogP contribution in [-0.4, -0.2) is 19.3 Å². The molecule has 1 unspecified atom stereocenters. The summed E-state index contributed by atoms with van der Waals surface area (Å²) in [6, 6.07) is 4.62. The van der Waals surface area contributed by atoms with Crippen LogP contribution in [0.5, 0.6) is 0 Å². The summed E-state index contributed by atoms with van der Waals surface area (Å²) in [4.78, 5) is 0. The number of methoxy groups -OCH3 is 1. The Morgan fingerprint density at radius 2 is 2.22 bits per heavy atom. The average Bonchev–Trinajstić information content (AvgIpc) is 2.28. The van der Waals surface area contributed by atoms with Crippen molar-refractivity contribution in [2.45, 2.75) is 37.8 Å². The second-order valence-corrected chi connectivity index (χ2v) is 5.16. The van der Waals surface area contributed by atoms with Gasteiger partial charge in [0, 0.05) is 17.7 Å². The summed E-state index contributed by atoms with van der Waals surface area (Å²) in [6.45, 7) is 2.75. The minimum atomic E-state index is -0.318. The standard InChI is InChI=1S/C14H19ClFNO/c1-3-17-13(14(18-2)8-5-9-14)12-10(15)6-4-7-11(12)16/h4,6-7,13,17H,3,5,8-9H2,1-2H3. The van der Waals surface area contributed by atoms with Crippen molar-refractivity contribution < 1.29 is 9.13 Å². The van der Waals surface area contributed by atoms with Crippen molar-refractivity contribution in [3.63, 3.8) is 0 Å². The van der Waals surface area contributed by atoms with E-state index in [-0.39, 0.29) is 17.5 Å². The van der Waals surface area contributed by atoms with E-state index >= 15 is 0 Å². The zero-order valence-corrected chi connectivity index (χ0v) is 11.6. The molecule has 1 aromatic rings. The molecule has 1 aromatic carbocycles. The Morgan fingerprint density at radius 1 is 1.50 bits per heavy atom. The maximum absolute atomic E-state index is 14.1. The SMILES string of the molecule is CCNC(c1c(F)cccc1Cl)C1(OC)CCC1. The molecule has 0 radical (unpaired) electrons. The Balaban J connectivity index is 2.41. The summed E-state index contributed by atoms with van der Waals surface area (Å²) in [5.74, 6) is -0.267. The van der Waals surface area contributed by atoms with Crippen LogP contribution in [0, 0.1) is 5.82 Å². The lowest BCUT2D eigenvalue weighted by Crippen LogP contribution is -2.51. The molecule has 2 nitrogen and oxygen atoms in total. The molecular weight excluding hydrogens is 253 g/mol. The van der Waals surface area contributed by atoms with E-state index in [4.69, 9.17) is 16.3 Å². The van der Waals surface area contributed by atoms with Crippen molar-refractivity contribution in [3.05, 3.63) is 34.6 Å². The Morgan fingerprint density at radius 3 is 2.67 bits per heavy atom. The zero-order chi connectivity index (χ0) is 13.2. The molecule has 100 valence electrons. The van der Waals surface area contributed by atoms with Crippen molar-refractivity contribution in [1.82, 2.24) is 5.32 Å². The molecule has 1 saturated carbocycles. The lowest BCUT2D eigenvalue weighted by atomic mass is 9.72. The van der Waals surface area contributed by atoms with Crippen LogP contribution in [0.3, 0.4) is 0 Å². The fraction of sp³-hybridized carbons (Fsp3) is 0.571. The fourth-order valence-corrected chi connectivity index (χ4v) is 2.95. The van der Waals surface area contributed by atoms with Gasteiger partial charge >= 0.3 is 0 Å². The van der Waals surface area contributed by atoms with Gasteiger partial charge in [0.1, 0.15) is 5.82 Å². The topological polar surface area (TPSA) is 21.3 Å². The first-order chi connectivity index (χ1) is 8.64. The number of nitrogens with one attached hydrogen (secondary N) is 1. The van der Waals surface area contributed by atoms with Crippen LogP contribution in [0.2, 0.25) is 5.02 Å². The van der Waals surface area contributed by atoms with Gasteiger partial charge in [0.05, 0.1) is 11.6 Å². The van der Waals surface area contributed by atoms with E-state index in [9.17, 15) is 4.39 Å². The van der Waals surface area contributed by atoms with Gasteiger partial charge in [-0.1, -0.05) is 24.6 Å². The van der Waals surface area contributed by atoms with Gasteiger partial charge < -0.3 is 10.1 Å². The van der Waals surface area contributed by atoms with Gasteiger partial charge in [0.2, 0.25) is 0 Å². The van der Waals surface area contributed by atoms with E-state index in [0.29, 0.717) is 10.6 Å². The second-order valence-electron chi connectivity index (χ2n) is 4.75. The molecule has 1 aliphatic carbocycles. The van der Waals surface area contributed by atoms with Gasteiger partial charge in [-0.15, -0.1) is 0 Å². The molecule has 1 fully saturated rings. The number of rotatable bonds is 5. The van der Waals surface area contributed by atoms with Gasteiger partial charge in [-0.2, -0.15) is 0 Å². The van der Waals surface area contributed by atoms with Crippen LogP contribution in [0.1, 0.15) is 37.8 Å². The summed E-state index contributed by atoms with van der Waals surface area (Å²) in [5, 5.41) is 3.79. The van der Waals surface area contributed by atoms with Crippen molar-refractivity contribution >= 4 is 11.6 Å². The molecule has 4 heteroatoms. The molecule has 0 spiro atoms. The van der Waals surface area contributed by atoms with Gasteiger partial charge in [0.15, 0.2) is 0 Å². The molecular formula is C14H19ClFNO. The third kappa shape index (κ3) is 2.27. The van der Waals surface area contributed by atoms with Crippen molar-refractivity contribution in [1.29, 1.82) is 0 Å². The highest BCUT2D eigenvalue weighted by Crippen LogP contribution is 2.46. The van der Waals surface area contributed by atoms with Crippen LogP contribution < -0.4 is 5.32 Å². The minimum Gasteiger partial charge on any atom is -0.376 e. The van der Waals surface area contributed by atoms with E-state index in [2.05, 4.69) is 5.32 Å². The first kappa shape index (κ1) is 13.8. The molecule has 0 bridgehead atoms. The lowest BCUT2D eigenvalue weighted by Gasteiger charge is -2.47. The van der Waals surface area contributed by atoms with Crippen molar-refractivity contribution in [2.24, 2.45) is 0 Å². The predicted molar refractivity (Wildman–Crippen MR) is 71.4 cm³/mol. The molecule has 0 saturated heterocycles. The summed E-state index contributed by atoms with van der Waals surface area (Å²) in [7, 11) is 1.69. The van der Waals surface area contributed by atoms with Crippen LogP contribution in [0.15, 0.2) is 18.2 Å². The normalized spacial score (nSPS) is 19.3. The first-order valence-electron chi connectivity index (χ1n) is 6.37. The summed E-state index contributed by atoms with van der Waals surface area (Å²) >= 11 is 6.17. The smallest absolute Gasteiger partial charge is 0.129 e. The Labute approximate surface area is 112 Å². The minimum absolute atomic E-state index is 0.185. The summed E-state index contributed by atoms with van der Waals surface area (Å²) in [5.41, 5.74) is 0.213. The number of halogens is 2. The number of ether oxygens (including phenoxy) is 1.